The number of benzene rings is 2. The third kappa shape index (κ3) is 5.37. The average molecular weight is 403 g/mol. The lowest BCUT2D eigenvalue weighted by molar-refractivity contribution is 0.304. The summed E-state index contributed by atoms with van der Waals surface area (Å²) < 4.78 is 0. The Morgan fingerprint density at radius 2 is 1.00 bits per heavy atom. The number of unbranched alkanes of at least 4 members (excludes halogenated alkanes) is 1. The van der Waals surface area contributed by atoms with E-state index in [4.69, 9.17) is 0 Å². The van der Waals surface area contributed by atoms with Gasteiger partial charge >= 0.3 is 0 Å². The highest BCUT2D eigenvalue weighted by Gasteiger charge is 2.22. The highest BCUT2D eigenvalue weighted by Crippen LogP contribution is 2.39. The van der Waals surface area contributed by atoms with E-state index in [9.17, 15) is 0 Å². The second-order valence-corrected chi connectivity index (χ2v) is 10.2. The predicted molar refractivity (Wildman–Crippen MR) is 131 cm³/mol. The zero-order valence-electron chi connectivity index (χ0n) is 19.4. The van der Waals surface area contributed by atoms with Crippen molar-refractivity contribution in [1.29, 1.82) is 0 Å². The van der Waals surface area contributed by atoms with Gasteiger partial charge in [-0.3, -0.25) is 0 Å². The van der Waals surface area contributed by atoms with Gasteiger partial charge in [-0.05, 0) is 97.3 Å². The highest BCUT2D eigenvalue weighted by atomic mass is 14.3. The van der Waals surface area contributed by atoms with Gasteiger partial charge in [0.1, 0.15) is 0 Å². The largest absolute Gasteiger partial charge is 0.0654 e. The van der Waals surface area contributed by atoms with E-state index >= 15 is 0 Å². The summed E-state index contributed by atoms with van der Waals surface area (Å²) >= 11 is 0. The maximum atomic E-state index is 2.41. The summed E-state index contributed by atoms with van der Waals surface area (Å²) in [6, 6.07) is 19.1. The van der Waals surface area contributed by atoms with Crippen molar-refractivity contribution in [1.82, 2.24) is 0 Å². The SMILES string of the molecule is CCCCC1CCC(c2ccc(-c3ccc(C4CCC(CC)CC4)cc3)cc2)CC1. The molecule has 2 aromatic carbocycles. The summed E-state index contributed by atoms with van der Waals surface area (Å²) in [6.07, 6.45) is 16.9. The molecule has 0 radical (unpaired) electrons. The molecule has 0 heteroatoms. The van der Waals surface area contributed by atoms with Crippen LogP contribution in [-0.2, 0) is 0 Å². The molecule has 30 heavy (non-hydrogen) atoms. The van der Waals surface area contributed by atoms with Gasteiger partial charge in [0.25, 0.3) is 0 Å². The summed E-state index contributed by atoms with van der Waals surface area (Å²) in [5, 5.41) is 0. The van der Waals surface area contributed by atoms with E-state index in [0.29, 0.717) is 0 Å². The minimum Gasteiger partial charge on any atom is -0.0654 e. The van der Waals surface area contributed by atoms with Crippen LogP contribution in [0.4, 0.5) is 0 Å². The molecule has 0 aliphatic heterocycles. The van der Waals surface area contributed by atoms with Crippen molar-refractivity contribution in [3.05, 3.63) is 59.7 Å². The first-order chi connectivity index (χ1) is 14.8. The van der Waals surface area contributed by atoms with Crippen LogP contribution in [0.3, 0.4) is 0 Å². The molecule has 2 saturated carbocycles. The van der Waals surface area contributed by atoms with Gasteiger partial charge in [-0.2, -0.15) is 0 Å². The minimum atomic E-state index is 0.789. The highest BCUT2D eigenvalue weighted by molar-refractivity contribution is 5.64. The molecule has 2 aromatic rings. The van der Waals surface area contributed by atoms with E-state index in [0.717, 1.165) is 23.7 Å². The van der Waals surface area contributed by atoms with Gasteiger partial charge < -0.3 is 0 Å². The normalized spacial score (nSPS) is 27.1. The van der Waals surface area contributed by atoms with Crippen LogP contribution >= 0.6 is 0 Å². The van der Waals surface area contributed by atoms with Crippen LogP contribution in [-0.4, -0.2) is 0 Å². The van der Waals surface area contributed by atoms with Crippen LogP contribution in [0, 0.1) is 11.8 Å². The third-order valence-electron chi connectivity index (χ3n) is 8.33. The second kappa shape index (κ2) is 10.7. The fraction of sp³-hybridized carbons (Fsp3) is 0.600. The topological polar surface area (TPSA) is 0 Å². The van der Waals surface area contributed by atoms with Crippen molar-refractivity contribution < 1.29 is 0 Å². The minimum absolute atomic E-state index is 0.789. The molecule has 0 spiro atoms. The molecule has 0 saturated heterocycles. The van der Waals surface area contributed by atoms with Crippen LogP contribution in [0.2, 0.25) is 0 Å². The first kappa shape index (κ1) is 21.7. The lowest BCUT2D eigenvalue weighted by atomic mass is 9.77. The standard InChI is InChI=1S/C30H42/c1-3-5-6-24-9-13-26(14-10-24)28-17-21-30(22-18-28)29-19-15-27(16-20-29)25-11-7-23(4-2)8-12-25/h15-26H,3-14H2,1-2H3. The van der Waals surface area contributed by atoms with Crippen molar-refractivity contribution in [2.75, 3.05) is 0 Å². The van der Waals surface area contributed by atoms with Crippen LogP contribution in [0.1, 0.15) is 114 Å². The van der Waals surface area contributed by atoms with Crippen LogP contribution in [0.15, 0.2) is 48.5 Å². The van der Waals surface area contributed by atoms with Crippen LogP contribution in [0.5, 0.6) is 0 Å². The average Bonchev–Trinajstić information content (AvgIpc) is 2.83. The van der Waals surface area contributed by atoms with Crippen LogP contribution in [0.25, 0.3) is 11.1 Å². The number of rotatable bonds is 7. The molecule has 162 valence electrons. The van der Waals surface area contributed by atoms with Gasteiger partial charge in [0, 0.05) is 0 Å². The van der Waals surface area contributed by atoms with E-state index in [1.807, 2.05) is 0 Å². The molecular formula is C30H42. The molecule has 0 bridgehead atoms. The molecule has 2 aliphatic rings. The van der Waals surface area contributed by atoms with Gasteiger partial charge in [-0.25, -0.2) is 0 Å². The molecule has 2 fully saturated rings. The lowest BCUT2D eigenvalue weighted by Gasteiger charge is -2.29. The van der Waals surface area contributed by atoms with Crippen molar-refractivity contribution in [3.63, 3.8) is 0 Å². The fourth-order valence-electron chi connectivity index (χ4n) is 6.08. The van der Waals surface area contributed by atoms with E-state index in [-0.39, 0.29) is 0 Å². The summed E-state index contributed by atoms with van der Waals surface area (Å²) in [4.78, 5) is 0. The molecule has 2 aliphatic carbocycles. The zero-order chi connectivity index (χ0) is 20.8. The Labute approximate surface area is 185 Å². The molecule has 0 atom stereocenters. The third-order valence-corrected chi connectivity index (χ3v) is 8.33. The zero-order valence-corrected chi connectivity index (χ0v) is 19.4. The molecule has 4 rings (SSSR count). The Hall–Kier alpha value is -1.56. The van der Waals surface area contributed by atoms with Gasteiger partial charge in [-0.15, -0.1) is 0 Å². The summed E-state index contributed by atoms with van der Waals surface area (Å²) in [5.74, 6) is 3.55. The maximum Gasteiger partial charge on any atom is -0.0162 e. The summed E-state index contributed by atoms with van der Waals surface area (Å²) in [6.45, 7) is 4.67. The Morgan fingerprint density at radius 1 is 0.567 bits per heavy atom. The number of hydrogen-bond donors (Lipinski definition) is 0. The Morgan fingerprint density at radius 3 is 1.40 bits per heavy atom. The first-order valence-corrected chi connectivity index (χ1v) is 13.0. The molecule has 0 heterocycles. The lowest BCUT2D eigenvalue weighted by Crippen LogP contribution is -2.13. The van der Waals surface area contributed by atoms with E-state index in [1.165, 1.54) is 88.2 Å². The van der Waals surface area contributed by atoms with E-state index in [2.05, 4.69) is 62.4 Å². The quantitative estimate of drug-likeness (QED) is 0.432. The Balaban J connectivity index is 1.33. The van der Waals surface area contributed by atoms with Gasteiger partial charge in [0.15, 0.2) is 0 Å². The van der Waals surface area contributed by atoms with Gasteiger partial charge in [0.2, 0.25) is 0 Å². The molecule has 0 N–H and O–H groups in total. The predicted octanol–water partition coefficient (Wildman–Crippen LogP) is 9.50. The van der Waals surface area contributed by atoms with Crippen LogP contribution < -0.4 is 0 Å². The van der Waals surface area contributed by atoms with E-state index in [1.54, 1.807) is 11.1 Å². The molecule has 0 unspecified atom stereocenters. The molecule has 0 nitrogen and oxygen atoms in total. The molecular weight excluding hydrogens is 360 g/mol. The van der Waals surface area contributed by atoms with Gasteiger partial charge in [-0.1, -0.05) is 88.1 Å². The maximum absolute atomic E-state index is 2.41. The fourth-order valence-corrected chi connectivity index (χ4v) is 6.08. The van der Waals surface area contributed by atoms with Crippen molar-refractivity contribution in [2.45, 2.75) is 103 Å². The molecule has 0 amide bonds. The number of hydrogen-bond acceptors (Lipinski definition) is 0. The smallest absolute Gasteiger partial charge is 0.0162 e. The second-order valence-electron chi connectivity index (χ2n) is 10.2. The summed E-state index contributed by atoms with van der Waals surface area (Å²) in [5.41, 5.74) is 5.87. The summed E-state index contributed by atoms with van der Waals surface area (Å²) in [7, 11) is 0. The van der Waals surface area contributed by atoms with Gasteiger partial charge in [0.05, 0.1) is 0 Å². The van der Waals surface area contributed by atoms with E-state index < -0.39 is 0 Å². The van der Waals surface area contributed by atoms with Crippen molar-refractivity contribution in [3.8, 4) is 11.1 Å². The Kier molecular flexibility index (Phi) is 7.69. The first-order valence-electron chi connectivity index (χ1n) is 13.0. The monoisotopic (exact) mass is 402 g/mol. The van der Waals surface area contributed by atoms with Crippen molar-refractivity contribution >= 4 is 0 Å². The molecule has 0 aromatic heterocycles. The Bertz CT molecular complexity index is 738. The van der Waals surface area contributed by atoms with Crippen molar-refractivity contribution in [2.24, 2.45) is 11.8 Å².